The van der Waals surface area contributed by atoms with Crippen molar-refractivity contribution in [2.75, 3.05) is 31.6 Å². The molecule has 3 nitrogen and oxygen atoms in total. The van der Waals surface area contributed by atoms with E-state index in [1.165, 1.54) is 44.9 Å². The van der Waals surface area contributed by atoms with Gasteiger partial charge in [0.15, 0.2) is 0 Å². The first-order valence-corrected chi connectivity index (χ1v) is 9.82. The average Bonchev–Trinajstić information content (AvgIpc) is 2.47. The lowest BCUT2D eigenvalue weighted by Crippen LogP contribution is -2.01. The summed E-state index contributed by atoms with van der Waals surface area (Å²) in [5.74, 6) is 0.897. The van der Waals surface area contributed by atoms with Gasteiger partial charge >= 0.3 is 8.60 Å². The van der Waals surface area contributed by atoms with Crippen LogP contribution in [0, 0.1) is 0 Å². The molecule has 6 heteroatoms. The highest BCUT2D eigenvalue weighted by molar-refractivity contribution is 7.41. The molecule has 0 saturated carbocycles. The van der Waals surface area contributed by atoms with E-state index in [0.717, 1.165) is 6.42 Å². The molecule has 0 spiro atoms. The second-order valence-corrected chi connectivity index (χ2v) is 6.55. The largest absolute Gasteiger partial charge is 0.332 e. The maximum absolute atomic E-state index is 5.59. The number of alkyl halides is 2. The van der Waals surface area contributed by atoms with Crippen LogP contribution in [-0.4, -0.2) is 31.6 Å². The van der Waals surface area contributed by atoms with E-state index < -0.39 is 8.60 Å². The Morgan fingerprint density at radius 2 is 1.10 bits per heavy atom. The van der Waals surface area contributed by atoms with Gasteiger partial charge in [-0.1, -0.05) is 51.9 Å². The fourth-order valence-electron chi connectivity index (χ4n) is 1.70. The van der Waals surface area contributed by atoms with Gasteiger partial charge in [0.05, 0.1) is 19.8 Å². The lowest BCUT2D eigenvalue weighted by molar-refractivity contribution is 0.169. The van der Waals surface area contributed by atoms with Crippen molar-refractivity contribution in [3.05, 3.63) is 0 Å². The predicted molar refractivity (Wildman–Crippen MR) is 88.8 cm³/mol. The molecule has 0 atom stereocenters. The molecule has 122 valence electrons. The minimum atomic E-state index is -1.27. The second kappa shape index (κ2) is 17.9. The Morgan fingerprint density at radius 1 is 0.650 bits per heavy atom. The summed E-state index contributed by atoms with van der Waals surface area (Å²) in [6, 6.07) is 0. The van der Waals surface area contributed by atoms with Crippen LogP contribution in [0.4, 0.5) is 0 Å². The van der Waals surface area contributed by atoms with Crippen LogP contribution in [0.25, 0.3) is 0 Å². The van der Waals surface area contributed by atoms with Crippen LogP contribution >= 0.6 is 31.8 Å². The fraction of sp³-hybridized carbons (Fsp3) is 1.00. The molecule has 0 heterocycles. The molecule has 0 aliphatic rings. The van der Waals surface area contributed by atoms with Gasteiger partial charge in [-0.25, -0.2) is 0 Å². The van der Waals surface area contributed by atoms with Crippen LogP contribution in [0.1, 0.15) is 58.3 Å². The molecule has 0 fully saturated rings. The molecule has 0 saturated heterocycles. The Kier molecular flexibility index (Phi) is 18.7. The van der Waals surface area contributed by atoms with Crippen molar-refractivity contribution >= 4 is 31.8 Å². The molecule has 0 aromatic carbocycles. The second-order valence-electron chi connectivity index (χ2n) is 4.58. The third-order valence-electron chi connectivity index (χ3n) is 2.74. The van der Waals surface area contributed by atoms with Gasteiger partial charge in [0, 0.05) is 11.8 Å². The van der Waals surface area contributed by atoms with Crippen molar-refractivity contribution in [3.8, 4) is 0 Å². The number of hydrogen-bond acceptors (Lipinski definition) is 3. The average molecular weight is 347 g/mol. The zero-order chi connectivity index (χ0) is 14.9. The summed E-state index contributed by atoms with van der Waals surface area (Å²) >= 11 is 11.2. The topological polar surface area (TPSA) is 27.7 Å². The summed E-state index contributed by atoms with van der Waals surface area (Å²) < 4.78 is 16.4. The zero-order valence-corrected chi connectivity index (χ0v) is 15.0. The molecule has 0 rings (SSSR count). The molecule has 0 bridgehead atoms. The lowest BCUT2D eigenvalue weighted by atomic mass is 10.1. The van der Waals surface area contributed by atoms with Gasteiger partial charge in [-0.2, -0.15) is 0 Å². The Morgan fingerprint density at radius 3 is 1.60 bits per heavy atom. The molecule has 0 aliphatic carbocycles. The van der Waals surface area contributed by atoms with Crippen molar-refractivity contribution in [2.45, 2.75) is 58.3 Å². The fourth-order valence-corrected chi connectivity index (χ4v) is 3.06. The van der Waals surface area contributed by atoms with Crippen LogP contribution in [0.3, 0.4) is 0 Å². The van der Waals surface area contributed by atoms with Crippen LogP contribution in [0.15, 0.2) is 0 Å². The molecule has 20 heavy (non-hydrogen) atoms. The summed E-state index contributed by atoms with van der Waals surface area (Å²) in [6.45, 7) is 3.83. The quantitative estimate of drug-likeness (QED) is 0.198. The van der Waals surface area contributed by atoms with Crippen LogP contribution in [0.2, 0.25) is 0 Å². The summed E-state index contributed by atoms with van der Waals surface area (Å²) in [5.41, 5.74) is 0. The number of hydrogen-bond donors (Lipinski definition) is 0. The molecule has 0 aliphatic heterocycles. The van der Waals surface area contributed by atoms with Crippen LogP contribution in [-0.2, 0) is 13.6 Å². The van der Waals surface area contributed by atoms with Crippen LogP contribution in [0.5, 0.6) is 0 Å². The molecular weight excluding hydrogens is 318 g/mol. The van der Waals surface area contributed by atoms with E-state index in [0.29, 0.717) is 31.6 Å². The lowest BCUT2D eigenvalue weighted by Gasteiger charge is -2.15. The van der Waals surface area contributed by atoms with Crippen molar-refractivity contribution in [3.63, 3.8) is 0 Å². The normalized spacial score (nSPS) is 11.4. The maximum atomic E-state index is 5.59. The van der Waals surface area contributed by atoms with Crippen molar-refractivity contribution < 1.29 is 13.6 Å². The van der Waals surface area contributed by atoms with Gasteiger partial charge in [0.2, 0.25) is 0 Å². The van der Waals surface area contributed by atoms with Gasteiger partial charge in [0.1, 0.15) is 0 Å². The van der Waals surface area contributed by atoms with Crippen molar-refractivity contribution in [1.29, 1.82) is 0 Å². The van der Waals surface area contributed by atoms with E-state index in [2.05, 4.69) is 6.92 Å². The van der Waals surface area contributed by atoms with E-state index in [1.807, 2.05) is 0 Å². The summed E-state index contributed by atoms with van der Waals surface area (Å²) in [6.07, 6.45) is 10.3. The van der Waals surface area contributed by atoms with Crippen LogP contribution < -0.4 is 0 Å². The highest BCUT2D eigenvalue weighted by Gasteiger charge is 2.11. The summed E-state index contributed by atoms with van der Waals surface area (Å²) in [5, 5.41) is 0. The molecule has 0 amide bonds. The Bertz CT molecular complexity index is 180. The smallest absolute Gasteiger partial charge is 0.312 e. The van der Waals surface area contributed by atoms with E-state index in [9.17, 15) is 0 Å². The Hall–Kier alpha value is 0.890. The van der Waals surface area contributed by atoms with Gasteiger partial charge < -0.3 is 13.6 Å². The monoisotopic (exact) mass is 346 g/mol. The summed E-state index contributed by atoms with van der Waals surface area (Å²) in [7, 11) is -1.27. The van der Waals surface area contributed by atoms with E-state index in [-0.39, 0.29) is 0 Å². The first kappa shape index (κ1) is 20.9. The number of halogens is 2. The van der Waals surface area contributed by atoms with E-state index in [4.69, 9.17) is 36.8 Å². The standard InChI is InChI=1S/C14H29Cl2O3P/c1-2-3-4-5-6-7-8-9-12-17-20(18-13-10-15)19-14-11-16/h2-14H2,1H3. The van der Waals surface area contributed by atoms with Gasteiger partial charge in [-0.15, -0.1) is 23.2 Å². The molecule has 0 aromatic rings. The molecule has 0 radical (unpaired) electrons. The molecule has 0 N–H and O–H groups in total. The maximum Gasteiger partial charge on any atom is 0.332 e. The minimum Gasteiger partial charge on any atom is -0.312 e. The van der Waals surface area contributed by atoms with E-state index >= 15 is 0 Å². The Balaban J connectivity index is 3.38. The molecule has 0 aromatic heterocycles. The van der Waals surface area contributed by atoms with Gasteiger partial charge in [-0.05, 0) is 6.42 Å². The van der Waals surface area contributed by atoms with Gasteiger partial charge in [-0.3, -0.25) is 0 Å². The van der Waals surface area contributed by atoms with E-state index in [1.54, 1.807) is 0 Å². The summed E-state index contributed by atoms with van der Waals surface area (Å²) in [4.78, 5) is 0. The number of unbranched alkanes of at least 4 members (excludes halogenated alkanes) is 7. The minimum absolute atomic E-state index is 0.449. The number of rotatable bonds is 16. The predicted octanol–water partition coefficient (Wildman–Crippen LogP) is 5.88. The van der Waals surface area contributed by atoms with Crippen molar-refractivity contribution in [1.82, 2.24) is 0 Å². The van der Waals surface area contributed by atoms with Crippen molar-refractivity contribution in [2.24, 2.45) is 0 Å². The highest BCUT2D eigenvalue weighted by atomic mass is 35.5. The Labute approximate surface area is 135 Å². The molecule has 0 unspecified atom stereocenters. The van der Waals surface area contributed by atoms with Gasteiger partial charge in [0.25, 0.3) is 0 Å². The first-order chi connectivity index (χ1) is 9.85. The zero-order valence-electron chi connectivity index (χ0n) is 12.6. The SMILES string of the molecule is CCCCCCCCCCOP(OCCCl)OCCCl. The third-order valence-corrected chi connectivity index (χ3v) is 4.23. The first-order valence-electron chi connectivity index (χ1n) is 7.66. The molecular formula is C14H29Cl2O3P. The third kappa shape index (κ3) is 15.3. The highest BCUT2D eigenvalue weighted by Crippen LogP contribution is 2.39.